The second kappa shape index (κ2) is 6.91. The summed E-state index contributed by atoms with van der Waals surface area (Å²) in [5.41, 5.74) is 0.476. The Kier molecular flexibility index (Phi) is 4.93. The van der Waals surface area contributed by atoms with Gasteiger partial charge >= 0.3 is 5.97 Å². The molecule has 0 radical (unpaired) electrons. The van der Waals surface area contributed by atoms with Crippen molar-refractivity contribution in [3.63, 3.8) is 0 Å². The highest BCUT2D eigenvalue weighted by atomic mass is 16.5. The molecular formula is C17H16O7. The van der Waals surface area contributed by atoms with Crippen molar-refractivity contribution in [3.05, 3.63) is 41.0 Å². The smallest absolute Gasteiger partial charge is 0.341 e. The fourth-order valence-corrected chi connectivity index (χ4v) is 2.16. The fraction of sp³-hybridized carbons (Fsp3) is 0.176. The number of phenolic OH excluding ortho intramolecular Hbond substituents is 2. The van der Waals surface area contributed by atoms with Crippen molar-refractivity contribution in [1.29, 1.82) is 0 Å². The standard InChI is InChI=1S/C17H16O7/c1-9-4-13(20)12(8-18)14(5-9)24-16-11(17(21)23-3)6-10(19)7-15(16)22-2/h4-8,19-20H,1-3H3. The summed E-state index contributed by atoms with van der Waals surface area (Å²) >= 11 is 0. The van der Waals surface area contributed by atoms with E-state index < -0.39 is 5.97 Å². The van der Waals surface area contributed by atoms with Gasteiger partial charge in [0.25, 0.3) is 0 Å². The van der Waals surface area contributed by atoms with Crippen LogP contribution < -0.4 is 9.47 Å². The lowest BCUT2D eigenvalue weighted by Crippen LogP contribution is -2.06. The molecule has 0 spiro atoms. The summed E-state index contributed by atoms with van der Waals surface area (Å²) in [6, 6.07) is 5.33. The van der Waals surface area contributed by atoms with Gasteiger partial charge in [-0.25, -0.2) is 4.79 Å². The first-order valence-corrected chi connectivity index (χ1v) is 6.87. The van der Waals surface area contributed by atoms with Gasteiger partial charge < -0.3 is 24.4 Å². The first-order valence-electron chi connectivity index (χ1n) is 6.87. The van der Waals surface area contributed by atoms with E-state index >= 15 is 0 Å². The van der Waals surface area contributed by atoms with E-state index in [1.165, 1.54) is 32.4 Å². The lowest BCUT2D eigenvalue weighted by atomic mass is 10.1. The Balaban J connectivity index is 2.65. The lowest BCUT2D eigenvalue weighted by Gasteiger charge is -2.16. The number of aldehydes is 1. The quantitative estimate of drug-likeness (QED) is 0.641. The maximum atomic E-state index is 11.9. The summed E-state index contributed by atoms with van der Waals surface area (Å²) in [6.45, 7) is 1.70. The van der Waals surface area contributed by atoms with Gasteiger partial charge in [0.05, 0.1) is 19.8 Å². The molecule has 0 aliphatic rings. The number of benzene rings is 2. The van der Waals surface area contributed by atoms with Gasteiger partial charge in [0.1, 0.15) is 22.8 Å². The van der Waals surface area contributed by atoms with Crippen molar-refractivity contribution in [2.24, 2.45) is 0 Å². The number of hydrogen-bond donors (Lipinski definition) is 2. The molecule has 7 nitrogen and oxygen atoms in total. The molecule has 0 amide bonds. The minimum Gasteiger partial charge on any atom is -0.508 e. The predicted octanol–water partition coefficient (Wildman–Crippen LogP) is 2.81. The van der Waals surface area contributed by atoms with E-state index in [9.17, 15) is 19.8 Å². The second-order valence-electron chi connectivity index (χ2n) is 4.93. The van der Waals surface area contributed by atoms with Gasteiger partial charge in [-0.3, -0.25) is 4.79 Å². The van der Waals surface area contributed by atoms with Gasteiger partial charge in [-0.15, -0.1) is 0 Å². The second-order valence-corrected chi connectivity index (χ2v) is 4.93. The van der Waals surface area contributed by atoms with Gasteiger partial charge in [0.2, 0.25) is 0 Å². The van der Waals surface area contributed by atoms with Crippen LogP contribution in [0.2, 0.25) is 0 Å². The number of carbonyl (C=O) groups excluding carboxylic acids is 2. The van der Waals surface area contributed by atoms with E-state index in [-0.39, 0.29) is 39.9 Å². The van der Waals surface area contributed by atoms with Crippen LogP contribution in [0.4, 0.5) is 0 Å². The number of phenols is 2. The summed E-state index contributed by atoms with van der Waals surface area (Å²) in [4.78, 5) is 23.2. The largest absolute Gasteiger partial charge is 0.508 e. The Labute approximate surface area is 138 Å². The van der Waals surface area contributed by atoms with E-state index in [2.05, 4.69) is 4.74 Å². The zero-order valence-electron chi connectivity index (χ0n) is 13.3. The highest BCUT2D eigenvalue weighted by molar-refractivity contribution is 5.94. The topological polar surface area (TPSA) is 102 Å². The molecule has 0 aliphatic carbocycles. The third-order valence-corrected chi connectivity index (χ3v) is 3.26. The molecular weight excluding hydrogens is 316 g/mol. The van der Waals surface area contributed by atoms with Crippen molar-refractivity contribution < 1.29 is 34.0 Å². The SMILES string of the molecule is COC(=O)c1cc(O)cc(OC)c1Oc1cc(C)cc(O)c1C=O. The molecule has 0 saturated carbocycles. The van der Waals surface area contributed by atoms with Gasteiger partial charge in [0.15, 0.2) is 17.8 Å². The van der Waals surface area contributed by atoms with Crippen LogP contribution in [-0.2, 0) is 4.74 Å². The van der Waals surface area contributed by atoms with Crippen LogP contribution in [0.25, 0.3) is 0 Å². The minimum absolute atomic E-state index is 0.0386. The molecule has 0 atom stereocenters. The Morgan fingerprint density at radius 3 is 2.38 bits per heavy atom. The third kappa shape index (κ3) is 3.24. The molecule has 0 aromatic heterocycles. The molecule has 126 valence electrons. The van der Waals surface area contributed by atoms with Crippen LogP contribution in [0.1, 0.15) is 26.3 Å². The first-order chi connectivity index (χ1) is 11.4. The molecule has 2 aromatic carbocycles. The average molecular weight is 332 g/mol. The highest BCUT2D eigenvalue weighted by Crippen LogP contribution is 2.41. The molecule has 0 aliphatic heterocycles. The average Bonchev–Trinajstić information content (AvgIpc) is 2.54. The molecule has 7 heteroatoms. The number of hydrogen-bond acceptors (Lipinski definition) is 7. The van der Waals surface area contributed by atoms with Crippen LogP contribution in [0.5, 0.6) is 28.7 Å². The third-order valence-electron chi connectivity index (χ3n) is 3.26. The number of ether oxygens (including phenoxy) is 3. The molecule has 0 heterocycles. The molecule has 2 rings (SSSR count). The van der Waals surface area contributed by atoms with Crippen LogP contribution >= 0.6 is 0 Å². The van der Waals surface area contributed by atoms with E-state index in [4.69, 9.17) is 9.47 Å². The Bertz CT molecular complexity index is 796. The van der Waals surface area contributed by atoms with Gasteiger partial charge in [-0.05, 0) is 30.7 Å². The van der Waals surface area contributed by atoms with Gasteiger partial charge in [-0.1, -0.05) is 0 Å². The first kappa shape index (κ1) is 17.1. The van der Waals surface area contributed by atoms with Crippen molar-refractivity contribution in [2.45, 2.75) is 6.92 Å². The zero-order chi connectivity index (χ0) is 17.9. The number of rotatable bonds is 5. The van der Waals surface area contributed by atoms with E-state index in [0.717, 1.165) is 6.07 Å². The molecule has 2 aromatic rings. The molecule has 0 saturated heterocycles. The van der Waals surface area contributed by atoms with Crippen LogP contribution in [-0.4, -0.2) is 36.7 Å². The summed E-state index contributed by atoms with van der Waals surface area (Å²) < 4.78 is 15.5. The van der Waals surface area contributed by atoms with E-state index in [1.54, 1.807) is 6.92 Å². The van der Waals surface area contributed by atoms with Crippen LogP contribution in [0, 0.1) is 6.92 Å². The number of esters is 1. The minimum atomic E-state index is -0.760. The van der Waals surface area contributed by atoms with Gasteiger partial charge in [0, 0.05) is 6.07 Å². The number of aryl methyl sites for hydroxylation is 1. The molecule has 0 bridgehead atoms. The van der Waals surface area contributed by atoms with Crippen molar-refractivity contribution >= 4 is 12.3 Å². The van der Waals surface area contributed by atoms with Crippen molar-refractivity contribution in [3.8, 4) is 28.7 Å². The Hall–Kier alpha value is -3.22. The summed E-state index contributed by atoms with van der Waals surface area (Å²) in [5, 5.41) is 19.6. The molecule has 2 N–H and O–H groups in total. The number of carbonyl (C=O) groups is 2. The maximum absolute atomic E-state index is 11.9. The van der Waals surface area contributed by atoms with Crippen LogP contribution in [0.3, 0.4) is 0 Å². The normalized spacial score (nSPS) is 10.1. The monoisotopic (exact) mass is 332 g/mol. The van der Waals surface area contributed by atoms with E-state index in [1.807, 2.05) is 0 Å². The maximum Gasteiger partial charge on any atom is 0.341 e. The fourth-order valence-electron chi connectivity index (χ4n) is 2.16. The van der Waals surface area contributed by atoms with Crippen LogP contribution in [0.15, 0.2) is 24.3 Å². The van der Waals surface area contributed by atoms with Gasteiger partial charge in [-0.2, -0.15) is 0 Å². The summed E-state index contributed by atoms with van der Waals surface area (Å²) in [6.07, 6.45) is 0.439. The highest BCUT2D eigenvalue weighted by Gasteiger charge is 2.22. The Morgan fingerprint density at radius 1 is 1.08 bits per heavy atom. The molecule has 0 unspecified atom stereocenters. The predicted molar refractivity (Wildman–Crippen MR) is 84.3 cm³/mol. The molecule has 24 heavy (non-hydrogen) atoms. The van der Waals surface area contributed by atoms with Crippen molar-refractivity contribution in [1.82, 2.24) is 0 Å². The Morgan fingerprint density at radius 2 is 1.79 bits per heavy atom. The summed E-state index contributed by atoms with van der Waals surface area (Å²) in [5.74, 6) is -1.18. The number of aromatic hydroxyl groups is 2. The zero-order valence-corrected chi connectivity index (χ0v) is 13.3. The summed E-state index contributed by atoms with van der Waals surface area (Å²) in [7, 11) is 2.51. The van der Waals surface area contributed by atoms with Crippen molar-refractivity contribution in [2.75, 3.05) is 14.2 Å². The van der Waals surface area contributed by atoms with E-state index in [0.29, 0.717) is 11.8 Å². The number of methoxy groups -OCH3 is 2. The molecule has 0 fully saturated rings. The lowest BCUT2D eigenvalue weighted by molar-refractivity contribution is 0.0596.